The minimum Gasteiger partial charge on any atom is -0.377 e. The monoisotopic (exact) mass is 253 g/mol. The van der Waals surface area contributed by atoms with Crippen molar-refractivity contribution in [3.8, 4) is 6.07 Å². The van der Waals surface area contributed by atoms with Gasteiger partial charge in [-0.05, 0) is 45.7 Å². The molecule has 2 unspecified atom stereocenters. The van der Waals surface area contributed by atoms with Gasteiger partial charge in [-0.2, -0.15) is 5.26 Å². The Balaban J connectivity index is 2.22. The molecule has 4 nitrogen and oxygen atoms in total. The molecular formula is C14H27N3O. The zero-order valence-corrected chi connectivity index (χ0v) is 11.8. The predicted molar refractivity (Wildman–Crippen MR) is 73.4 cm³/mol. The Morgan fingerprint density at radius 3 is 3.00 bits per heavy atom. The lowest BCUT2D eigenvalue weighted by Crippen LogP contribution is -2.42. The lowest BCUT2D eigenvalue weighted by molar-refractivity contribution is 0.00541. The molecule has 1 aliphatic heterocycles. The first-order valence-electron chi connectivity index (χ1n) is 7.27. The van der Waals surface area contributed by atoms with E-state index in [9.17, 15) is 0 Å². The third-order valence-corrected chi connectivity index (χ3v) is 3.40. The highest BCUT2D eigenvalue weighted by Gasteiger charge is 2.20. The molecule has 18 heavy (non-hydrogen) atoms. The summed E-state index contributed by atoms with van der Waals surface area (Å²) in [6.45, 7) is 9.09. The number of likely N-dealkylation sites (tertiary alicyclic amines) is 1. The van der Waals surface area contributed by atoms with Crippen molar-refractivity contribution < 1.29 is 4.74 Å². The summed E-state index contributed by atoms with van der Waals surface area (Å²) >= 11 is 0. The molecule has 1 N–H and O–H groups in total. The van der Waals surface area contributed by atoms with Crippen LogP contribution in [0, 0.1) is 11.3 Å². The van der Waals surface area contributed by atoms with Crippen LogP contribution in [0.3, 0.4) is 0 Å². The first kappa shape index (κ1) is 15.4. The second-order valence-electron chi connectivity index (χ2n) is 4.94. The number of hydrogen-bond donors (Lipinski definition) is 1. The Kier molecular flexibility index (Phi) is 7.99. The molecular weight excluding hydrogens is 226 g/mol. The summed E-state index contributed by atoms with van der Waals surface area (Å²) in [5.41, 5.74) is 0. The molecule has 1 aliphatic rings. The van der Waals surface area contributed by atoms with E-state index in [-0.39, 0.29) is 6.04 Å². The summed E-state index contributed by atoms with van der Waals surface area (Å²) in [4.78, 5) is 2.43. The maximum atomic E-state index is 9.06. The molecule has 0 radical (unpaired) electrons. The second-order valence-corrected chi connectivity index (χ2v) is 4.94. The molecule has 0 aliphatic carbocycles. The maximum absolute atomic E-state index is 9.06. The van der Waals surface area contributed by atoms with Crippen LogP contribution in [0.2, 0.25) is 0 Å². The van der Waals surface area contributed by atoms with E-state index in [1.807, 2.05) is 0 Å². The first-order valence-corrected chi connectivity index (χ1v) is 7.27. The van der Waals surface area contributed by atoms with Gasteiger partial charge in [0.15, 0.2) is 0 Å². The van der Waals surface area contributed by atoms with Crippen LogP contribution < -0.4 is 5.32 Å². The minimum absolute atomic E-state index is 0.00239. The van der Waals surface area contributed by atoms with Gasteiger partial charge >= 0.3 is 0 Å². The quantitative estimate of drug-likeness (QED) is 0.716. The van der Waals surface area contributed by atoms with Crippen molar-refractivity contribution >= 4 is 0 Å². The summed E-state index contributed by atoms with van der Waals surface area (Å²) in [5.74, 6) is 0. The van der Waals surface area contributed by atoms with E-state index in [2.05, 4.69) is 30.1 Å². The Morgan fingerprint density at radius 2 is 2.33 bits per heavy atom. The molecule has 4 heteroatoms. The molecule has 0 amide bonds. The molecule has 2 atom stereocenters. The summed E-state index contributed by atoms with van der Waals surface area (Å²) in [5, 5.41) is 12.3. The van der Waals surface area contributed by atoms with Gasteiger partial charge in [0, 0.05) is 19.7 Å². The van der Waals surface area contributed by atoms with Crippen LogP contribution in [0.4, 0.5) is 0 Å². The van der Waals surface area contributed by atoms with Crippen molar-refractivity contribution in [2.24, 2.45) is 0 Å². The Hall–Kier alpha value is -0.630. The lowest BCUT2D eigenvalue weighted by Gasteiger charge is -2.32. The fourth-order valence-corrected chi connectivity index (χ4v) is 2.43. The molecule has 0 aromatic carbocycles. The van der Waals surface area contributed by atoms with Gasteiger partial charge in [-0.1, -0.05) is 6.92 Å². The van der Waals surface area contributed by atoms with Crippen LogP contribution in [0.25, 0.3) is 0 Å². The van der Waals surface area contributed by atoms with Crippen molar-refractivity contribution in [3.05, 3.63) is 0 Å². The molecule has 0 spiro atoms. The molecule has 0 aromatic rings. The summed E-state index contributed by atoms with van der Waals surface area (Å²) < 4.78 is 5.69. The van der Waals surface area contributed by atoms with Gasteiger partial charge in [0.1, 0.15) is 0 Å². The molecule has 0 saturated carbocycles. The van der Waals surface area contributed by atoms with E-state index in [0.717, 1.165) is 45.6 Å². The Labute approximate surface area is 111 Å². The van der Waals surface area contributed by atoms with E-state index < -0.39 is 0 Å². The average Bonchev–Trinajstić information content (AvgIpc) is 2.40. The third-order valence-electron chi connectivity index (χ3n) is 3.40. The predicted octanol–water partition coefficient (Wildman–Crippen LogP) is 1.77. The van der Waals surface area contributed by atoms with E-state index in [4.69, 9.17) is 10.00 Å². The molecule has 104 valence electrons. The van der Waals surface area contributed by atoms with Crippen molar-refractivity contribution in [2.75, 3.05) is 32.8 Å². The Morgan fingerprint density at radius 1 is 1.50 bits per heavy atom. The van der Waals surface area contributed by atoms with Crippen LogP contribution >= 0.6 is 0 Å². The standard InChI is InChI=1S/C14H27N3O/c1-3-8-16-13(11-15)7-10-17-9-5-6-14(12-17)18-4-2/h13-14,16H,3-10,12H2,1-2H3. The number of ether oxygens (including phenoxy) is 1. The van der Waals surface area contributed by atoms with Gasteiger partial charge in [-0.15, -0.1) is 0 Å². The smallest absolute Gasteiger partial charge is 0.0965 e. The van der Waals surface area contributed by atoms with Crippen LogP contribution in [-0.4, -0.2) is 49.8 Å². The lowest BCUT2D eigenvalue weighted by atomic mass is 10.1. The van der Waals surface area contributed by atoms with Gasteiger partial charge < -0.3 is 15.0 Å². The van der Waals surface area contributed by atoms with E-state index >= 15 is 0 Å². The molecule has 0 bridgehead atoms. The van der Waals surface area contributed by atoms with Crippen LogP contribution in [0.15, 0.2) is 0 Å². The SMILES string of the molecule is CCCNC(C#N)CCN1CCCC(OCC)C1. The first-order chi connectivity index (χ1) is 8.80. The summed E-state index contributed by atoms with van der Waals surface area (Å²) in [7, 11) is 0. The van der Waals surface area contributed by atoms with Gasteiger partial charge in [-0.3, -0.25) is 0 Å². The molecule has 1 rings (SSSR count). The molecule has 1 heterocycles. The highest BCUT2D eigenvalue weighted by Crippen LogP contribution is 2.13. The molecule has 1 fully saturated rings. The van der Waals surface area contributed by atoms with E-state index in [1.54, 1.807) is 0 Å². The zero-order chi connectivity index (χ0) is 13.2. The van der Waals surface area contributed by atoms with Crippen molar-refractivity contribution in [1.82, 2.24) is 10.2 Å². The highest BCUT2D eigenvalue weighted by atomic mass is 16.5. The van der Waals surface area contributed by atoms with Crippen LogP contribution in [0.1, 0.15) is 39.5 Å². The number of piperidine rings is 1. The zero-order valence-electron chi connectivity index (χ0n) is 11.8. The van der Waals surface area contributed by atoms with Gasteiger partial charge in [-0.25, -0.2) is 0 Å². The van der Waals surface area contributed by atoms with Gasteiger partial charge in [0.25, 0.3) is 0 Å². The summed E-state index contributed by atoms with van der Waals surface area (Å²) in [6.07, 6.45) is 4.78. The minimum atomic E-state index is -0.00239. The largest absolute Gasteiger partial charge is 0.377 e. The average molecular weight is 253 g/mol. The maximum Gasteiger partial charge on any atom is 0.0965 e. The Bertz CT molecular complexity index is 250. The topological polar surface area (TPSA) is 48.3 Å². The third kappa shape index (κ3) is 5.81. The van der Waals surface area contributed by atoms with Crippen molar-refractivity contribution in [1.29, 1.82) is 5.26 Å². The van der Waals surface area contributed by atoms with Crippen LogP contribution in [0.5, 0.6) is 0 Å². The van der Waals surface area contributed by atoms with Crippen molar-refractivity contribution in [3.63, 3.8) is 0 Å². The van der Waals surface area contributed by atoms with Gasteiger partial charge in [0.2, 0.25) is 0 Å². The number of nitrogens with zero attached hydrogens (tertiary/aromatic N) is 2. The highest BCUT2D eigenvalue weighted by molar-refractivity contribution is 4.90. The van der Waals surface area contributed by atoms with Crippen molar-refractivity contribution in [2.45, 2.75) is 51.7 Å². The molecule has 1 saturated heterocycles. The number of hydrogen-bond acceptors (Lipinski definition) is 4. The van der Waals surface area contributed by atoms with Crippen LogP contribution in [-0.2, 0) is 4.74 Å². The second kappa shape index (κ2) is 9.32. The van der Waals surface area contributed by atoms with E-state index in [1.165, 1.54) is 12.8 Å². The fourth-order valence-electron chi connectivity index (χ4n) is 2.43. The number of nitrogens with one attached hydrogen (secondary N) is 1. The molecule has 0 aromatic heterocycles. The normalized spacial score (nSPS) is 22.6. The number of nitriles is 1. The summed E-state index contributed by atoms with van der Waals surface area (Å²) in [6, 6.07) is 2.34. The van der Waals surface area contributed by atoms with Gasteiger partial charge in [0.05, 0.1) is 18.2 Å². The fraction of sp³-hybridized carbons (Fsp3) is 0.929. The number of rotatable bonds is 8. The van der Waals surface area contributed by atoms with E-state index in [0.29, 0.717) is 6.10 Å².